The van der Waals surface area contributed by atoms with E-state index in [-0.39, 0.29) is 23.7 Å². The number of amides is 5. The van der Waals surface area contributed by atoms with Gasteiger partial charge >= 0.3 is 12.1 Å². The van der Waals surface area contributed by atoms with Crippen LogP contribution in [0.2, 0.25) is 0 Å². The molecule has 61 heavy (non-hydrogen) atoms. The van der Waals surface area contributed by atoms with E-state index in [0.29, 0.717) is 24.0 Å². The minimum Gasteiger partial charge on any atom is -0.480 e. The standard InChI is InChI=1S/C46H69N5O9S/c1-5-6-7-8-9-10-11-12-13-14-15-16-23-28-40(53)61-32-38(44(57)58)50-41(54)35(29-33-24-19-17-20-25-33)48-43(56)37(31-39(47)52)49-42(55)36(30-34-26-21-18-22-27-34)51-45(59)60-46(2,3)4/h17-22,24-27,35-38H,5-16,23,28-32H2,1-4H3,(H2,47,52)(H,48,56)(H,49,55)(H,50,54)(H,51,59)(H,57,58)/t35-,36-,37-,38-/m0/s1. The third-order valence-corrected chi connectivity index (χ3v) is 10.8. The molecule has 4 atom stereocenters. The Bertz CT molecular complexity index is 1660. The molecular weight excluding hydrogens is 799 g/mol. The van der Waals surface area contributed by atoms with E-state index in [2.05, 4.69) is 28.2 Å². The zero-order chi connectivity index (χ0) is 45.0. The van der Waals surface area contributed by atoms with Gasteiger partial charge in [0.15, 0.2) is 5.12 Å². The molecule has 15 heteroatoms. The molecule has 2 rings (SSSR count). The van der Waals surface area contributed by atoms with Gasteiger partial charge in [-0.1, -0.05) is 156 Å². The number of carbonyl (C=O) groups is 7. The Kier molecular flexibility index (Phi) is 25.1. The highest BCUT2D eigenvalue weighted by Gasteiger charge is 2.33. The first-order valence-corrected chi connectivity index (χ1v) is 22.7. The number of alkyl carbamates (subject to hydrolysis) is 1. The van der Waals surface area contributed by atoms with Gasteiger partial charge in [-0.3, -0.25) is 24.0 Å². The zero-order valence-corrected chi connectivity index (χ0v) is 37.3. The Labute approximate surface area is 366 Å². The maximum Gasteiger partial charge on any atom is 0.408 e. The number of primary amides is 1. The maximum absolute atomic E-state index is 13.8. The number of thioether (sulfide) groups is 1. The van der Waals surface area contributed by atoms with Crippen LogP contribution in [0, 0.1) is 0 Å². The number of unbranched alkanes of at least 4 members (excludes halogenated alkanes) is 12. The zero-order valence-electron chi connectivity index (χ0n) is 36.5. The Hall–Kier alpha value is -4.92. The van der Waals surface area contributed by atoms with Crippen LogP contribution in [0.5, 0.6) is 0 Å². The predicted molar refractivity (Wildman–Crippen MR) is 238 cm³/mol. The van der Waals surface area contributed by atoms with Gasteiger partial charge in [0.05, 0.1) is 6.42 Å². The molecule has 0 saturated carbocycles. The summed E-state index contributed by atoms with van der Waals surface area (Å²) in [6.45, 7) is 7.20. The van der Waals surface area contributed by atoms with Crippen molar-refractivity contribution in [1.82, 2.24) is 21.3 Å². The SMILES string of the molecule is CCCCCCCCCCCCCCCC(=O)SC[C@H](NC(=O)[C@H](Cc1ccccc1)NC(=O)[C@H](CC(N)=O)NC(=O)[C@H](Cc1ccccc1)NC(=O)OC(C)(C)C)C(=O)O. The average Bonchev–Trinajstić information content (AvgIpc) is 3.20. The number of benzene rings is 2. The lowest BCUT2D eigenvalue weighted by atomic mass is 10.0. The normalized spacial score (nSPS) is 13.2. The Morgan fingerprint density at radius 1 is 0.607 bits per heavy atom. The highest BCUT2D eigenvalue weighted by atomic mass is 32.2. The van der Waals surface area contributed by atoms with Gasteiger partial charge in [0, 0.05) is 25.0 Å². The second-order valence-electron chi connectivity index (χ2n) is 16.4. The Balaban J connectivity index is 2.05. The molecule has 7 N–H and O–H groups in total. The number of aliphatic carboxylic acids is 1. The van der Waals surface area contributed by atoms with Crippen molar-refractivity contribution >= 4 is 52.6 Å². The second kappa shape index (κ2) is 29.4. The van der Waals surface area contributed by atoms with Crippen molar-refractivity contribution in [3.05, 3.63) is 71.8 Å². The second-order valence-corrected chi connectivity index (χ2v) is 17.5. The first-order chi connectivity index (χ1) is 29.1. The summed E-state index contributed by atoms with van der Waals surface area (Å²) in [5.74, 6) is -5.15. The topological polar surface area (TPSA) is 223 Å². The molecule has 5 amide bonds. The molecule has 0 aliphatic carbocycles. The molecule has 2 aromatic rings. The third-order valence-electron chi connectivity index (χ3n) is 9.75. The van der Waals surface area contributed by atoms with Gasteiger partial charge in [0.1, 0.15) is 29.8 Å². The van der Waals surface area contributed by atoms with Crippen LogP contribution < -0.4 is 27.0 Å². The monoisotopic (exact) mass is 867 g/mol. The van der Waals surface area contributed by atoms with Crippen molar-refractivity contribution in [2.45, 2.75) is 167 Å². The number of hydrogen-bond donors (Lipinski definition) is 6. The van der Waals surface area contributed by atoms with Crippen molar-refractivity contribution in [2.75, 3.05) is 5.75 Å². The van der Waals surface area contributed by atoms with E-state index in [0.717, 1.165) is 31.0 Å². The summed E-state index contributed by atoms with van der Waals surface area (Å²) in [6.07, 6.45) is 14.0. The Morgan fingerprint density at radius 3 is 1.46 bits per heavy atom. The molecule has 2 aromatic carbocycles. The highest BCUT2D eigenvalue weighted by Crippen LogP contribution is 2.16. The van der Waals surface area contributed by atoms with Gasteiger partial charge in [0.25, 0.3) is 0 Å². The quantitative estimate of drug-likeness (QED) is 0.0467. The fraction of sp³-hybridized carbons (Fsp3) is 0.587. The van der Waals surface area contributed by atoms with Crippen molar-refractivity contribution in [1.29, 1.82) is 0 Å². The smallest absolute Gasteiger partial charge is 0.408 e. The summed E-state index contributed by atoms with van der Waals surface area (Å²) in [7, 11) is 0. The summed E-state index contributed by atoms with van der Waals surface area (Å²) >= 11 is 0.838. The van der Waals surface area contributed by atoms with Crippen molar-refractivity contribution in [3.8, 4) is 0 Å². The number of carboxylic acids is 1. The van der Waals surface area contributed by atoms with Gasteiger partial charge in [-0.25, -0.2) is 9.59 Å². The number of rotatable bonds is 30. The number of carbonyl (C=O) groups excluding carboxylic acids is 6. The van der Waals surface area contributed by atoms with E-state index in [1.165, 1.54) is 57.8 Å². The van der Waals surface area contributed by atoms with Crippen molar-refractivity contribution < 1.29 is 43.4 Å². The first-order valence-electron chi connectivity index (χ1n) is 21.7. The lowest BCUT2D eigenvalue weighted by Gasteiger charge is -2.26. The minimum absolute atomic E-state index is 0.00631. The van der Waals surface area contributed by atoms with E-state index in [1.807, 2.05) is 0 Å². The van der Waals surface area contributed by atoms with Gasteiger partial charge in [-0.2, -0.15) is 0 Å². The van der Waals surface area contributed by atoms with Crippen molar-refractivity contribution in [3.63, 3.8) is 0 Å². The number of ether oxygens (including phenoxy) is 1. The Morgan fingerprint density at radius 2 is 1.02 bits per heavy atom. The number of carboxylic acid groups (broad SMARTS) is 1. The molecule has 14 nitrogen and oxygen atoms in total. The van der Waals surface area contributed by atoms with E-state index < -0.39 is 71.9 Å². The van der Waals surface area contributed by atoms with Crippen LogP contribution in [0.4, 0.5) is 4.79 Å². The van der Waals surface area contributed by atoms with Crippen LogP contribution in [-0.4, -0.2) is 81.4 Å². The van der Waals surface area contributed by atoms with Crippen LogP contribution in [0.3, 0.4) is 0 Å². The van der Waals surface area contributed by atoms with Gasteiger partial charge in [-0.05, 0) is 38.3 Å². The molecular formula is C46H69N5O9S. The maximum atomic E-state index is 13.8. The lowest BCUT2D eigenvalue weighted by molar-refractivity contribution is -0.141. The summed E-state index contributed by atoms with van der Waals surface area (Å²) in [5.41, 5.74) is 5.91. The van der Waals surface area contributed by atoms with Crippen LogP contribution in [-0.2, 0) is 46.3 Å². The summed E-state index contributed by atoms with van der Waals surface area (Å²) in [6, 6.07) is 11.8. The molecule has 0 unspecified atom stereocenters. The lowest BCUT2D eigenvalue weighted by Crippen LogP contribution is -2.59. The molecule has 0 heterocycles. The molecule has 0 aliphatic rings. The van der Waals surface area contributed by atoms with E-state index in [1.54, 1.807) is 81.4 Å². The molecule has 0 bridgehead atoms. The summed E-state index contributed by atoms with van der Waals surface area (Å²) in [5, 5.41) is 19.9. The number of hydrogen-bond acceptors (Lipinski definition) is 9. The molecule has 0 fully saturated rings. The summed E-state index contributed by atoms with van der Waals surface area (Å²) in [4.78, 5) is 91.1. The van der Waals surface area contributed by atoms with Crippen LogP contribution in [0.1, 0.15) is 135 Å². The number of nitrogens with one attached hydrogen (secondary N) is 4. The number of nitrogens with two attached hydrogens (primary N) is 1. The largest absolute Gasteiger partial charge is 0.480 e. The average molecular weight is 868 g/mol. The van der Waals surface area contributed by atoms with E-state index in [9.17, 15) is 38.7 Å². The minimum atomic E-state index is -1.58. The van der Waals surface area contributed by atoms with Gasteiger partial charge < -0.3 is 36.8 Å². The highest BCUT2D eigenvalue weighted by molar-refractivity contribution is 8.13. The molecule has 0 aliphatic heterocycles. The molecule has 0 radical (unpaired) electrons. The van der Waals surface area contributed by atoms with E-state index in [4.69, 9.17) is 10.5 Å². The van der Waals surface area contributed by atoms with Gasteiger partial charge in [0.2, 0.25) is 23.6 Å². The van der Waals surface area contributed by atoms with Crippen LogP contribution in [0.25, 0.3) is 0 Å². The fourth-order valence-electron chi connectivity index (χ4n) is 6.51. The predicted octanol–water partition coefficient (Wildman–Crippen LogP) is 6.52. The first kappa shape index (κ1) is 52.2. The van der Waals surface area contributed by atoms with Crippen LogP contribution >= 0.6 is 11.8 Å². The van der Waals surface area contributed by atoms with Crippen LogP contribution in [0.15, 0.2) is 60.7 Å². The van der Waals surface area contributed by atoms with Gasteiger partial charge in [-0.15, -0.1) is 0 Å². The molecule has 0 aromatic heterocycles. The summed E-state index contributed by atoms with van der Waals surface area (Å²) < 4.78 is 5.35. The fourth-order valence-corrected chi connectivity index (χ4v) is 7.37. The van der Waals surface area contributed by atoms with E-state index >= 15 is 0 Å². The van der Waals surface area contributed by atoms with Crippen molar-refractivity contribution in [2.24, 2.45) is 5.73 Å². The molecule has 0 spiro atoms. The molecule has 0 saturated heterocycles. The third kappa shape index (κ3) is 24.2. The molecule has 338 valence electrons.